The molecule has 23 heavy (non-hydrogen) atoms. The van der Waals surface area contributed by atoms with Gasteiger partial charge in [-0.15, -0.1) is 6.58 Å². The van der Waals surface area contributed by atoms with Gasteiger partial charge in [-0.05, 0) is 25.1 Å². The van der Waals surface area contributed by atoms with Gasteiger partial charge in [0.25, 0.3) is 0 Å². The highest BCUT2D eigenvalue weighted by atomic mass is 32.2. The maximum absolute atomic E-state index is 12.5. The summed E-state index contributed by atoms with van der Waals surface area (Å²) in [4.78, 5) is 12.5. The van der Waals surface area contributed by atoms with Crippen LogP contribution in [-0.4, -0.2) is 36.9 Å². The van der Waals surface area contributed by atoms with E-state index in [9.17, 15) is 4.79 Å². The first-order valence-corrected chi connectivity index (χ1v) is 12.1. The molecule has 1 fully saturated rings. The van der Waals surface area contributed by atoms with Crippen molar-refractivity contribution in [3.63, 3.8) is 0 Å². The Morgan fingerprint density at radius 3 is 2.48 bits per heavy atom. The Hall–Kier alpha value is -0.773. The molecule has 0 aromatic rings. The van der Waals surface area contributed by atoms with Crippen LogP contribution in [0.4, 0.5) is 0 Å². The molecule has 0 unspecified atom stereocenters. The van der Waals surface area contributed by atoms with Crippen LogP contribution >= 0.6 is 11.9 Å². The topological polar surface area (TPSA) is 53.3 Å². The minimum atomic E-state index is -1.94. The molecule has 4 atom stereocenters. The molecule has 130 valence electrons. The Morgan fingerprint density at radius 2 is 2.09 bits per heavy atom. The normalized spacial score (nSPS) is 24.6. The Balaban J connectivity index is 2.97. The molecule has 0 aliphatic carbocycles. The van der Waals surface area contributed by atoms with Gasteiger partial charge < -0.3 is 4.43 Å². The first-order chi connectivity index (χ1) is 10.5. The number of hydrogen-bond acceptors (Lipinski definition) is 4. The highest BCUT2D eigenvalue weighted by Gasteiger charge is 2.54. The summed E-state index contributed by atoms with van der Waals surface area (Å²) in [5.41, 5.74) is 0. The van der Waals surface area contributed by atoms with Crippen molar-refractivity contribution >= 4 is 26.2 Å². The molecule has 1 aliphatic heterocycles. The third kappa shape index (κ3) is 4.01. The van der Waals surface area contributed by atoms with Crippen LogP contribution in [0.25, 0.3) is 0 Å². The van der Waals surface area contributed by atoms with Crippen LogP contribution in [0.15, 0.2) is 12.7 Å². The van der Waals surface area contributed by atoms with E-state index in [1.807, 2.05) is 13.2 Å². The molecule has 0 aromatic heterocycles. The third-order valence-corrected chi connectivity index (χ3v) is 10.6. The van der Waals surface area contributed by atoms with E-state index in [1.165, 1.54) is 11.9 Å². The molecule has 1 saturated heterocycles. The summed E-state index contributed by atoms with van der Waals surface area (Å²) in [5, 5.41) is 9.15. The number of nitriles is 1. The van der Waals surface area contributed by atoms with E-state index in [0.29, 0.717) is 6.42 Å². The Bertz CT molecular complexity index is 496. The number of nitrogens with zero attached hydrogens (tertiary/aromatic N) is 2. The lowest BCUT2D eigenvalue weighted by atomic mass is 9.77. The quantitative estimate of drug-likeness (QED) is 0.297. The van der Waals surface area contributed by atoms with E-state index in [0.717, 1.165) is 0 Å². The zero-order valence-corrected chi connectivity index (χ0v) is 17.2. The van der Waals surface area contributed by atoms with Crippen LogP contribution in [0.2, 0.25) is 18.1 Å². The number of carbonyl (C=O) groups excluding carboxylic acids is 1. The van der Waals surface area contributed by atoms with Crippen LogP contribution in [0, 0.1) is 23.2 Å². The monoisotopic (exact) mass is 354 g/mol. The van der Waals surface area contributed by atoms with Gasteiger partial charge in [0, 0.05) is 18.6 Å². The smallest absolute Gasteiger partial charge is 0.240 e. The van der Waals surface area contributed by atoms with Crippen LogP contribution in [0.3, 0.4) is 0 Å². The first kappa shape index (κ1) is 20.3. The predicted octanol–water partition coefficient (Wildman–Crippen LogP) is 4.22. The van der Waals surface area contributed by atoms with Gasteiger partial charge in [-0.25, -0.2) is 0 Å². The average molecular weight is 355 g/mol. The lowest BCUT2D eigenvalue weighted by Gasteiger charge is -2.52. The number of amides is 1. The highest BCUT2D eigenvalue weighted by Crippen LogP contribution is 2.44. The van der Waals surface area contributed by atoms with E-state index in [2.05, 4.69) is 46.5 Å². The maximum Gasteiger partial charge on any atom is 0.240 e. The van der Waals surface area contributed by atoms with Gasteiger partial charge >= 0.3 is 0 Å². The number of rotatable bonds is 7. The summed E-state index contributed by atoms with van der Waals surface area (Å²) >= 11 is 1.42. The fourth-order valence-electron chi connectivity index (χ4n) is 2.80. The van der Waals surface area contributed by atoms with Gasteiger partial charge in [-0.2, -0.15) is 5.26 Å². The second-order valence-corrected chi connectivity index (χ2v) is 13.2. The van der Waals surface area contributed by atoms with Gasteiger partial charge in [0.2, 0.25) is 5.91 Å². The van der Waals surface area contributed by atoms with Crippen LogP contribution in [0.1, 0.15) is 34.1 Å². The molecule has 0 saturated carbocycles. The minimum Gasteiger partial charge on any atom is -0.413 e. The van der Waals surface area contributed by atoms with Crippen molar-refractivity contribution < 1.29 is 9.22 Å². The molecule has 1 rings (SSSR count). The molecular weight excluding hydrogens is 324 g/mol. The molecule has 1 heterocycles. The van der Waals surface area contributed by atoms with Crippen molar-refractivity contribution in [2.24, 2.45) is 11.8 Å². The fraction of sp³-hybridized carbons (Fsp3) is 0.765. The van der Waals surface area contributed by atoms with Crippen LogP contribution in [0.5, 0.6) is 0 Å². The lowest BCUT2D eigenvalue weighted by Crippen LogP contribution is -2.65. The van der Waals surface area contributed by atoms with E-state index < -0.39 is 8.32 Å². The van der Waals surface area contributed by atoms with Crippen LogP contribution < -0.4 is 0 Å². The molecule has 4 nitrogen and oxygen atoms in total. The summed E-state index contributed by atoms with van der Waals surface area (Å²) in [6.45, 7) is 16.8. The van der Waals surface area contributed by atoms with E-state index in [4.69, 9.17) is 9.69 Å². The zero-order chi connectivity index (χ0) is 18.0. The van der Waals surface area contributed by atoms with E-state index >= 15 is 0 Å². The molecule has 0 radical (unpaired) electrons. The highest BCUT2D eigenvalue weighted by molar-refractivity contribution is 7.96. The molecule has 1 amide bonds. The van der Waals surface area contributed by atoms with Crippen LogP contribution in [-0.2, 0) is 9.22 Å². The fourth-order valence-corrected chi connectivity index (χ4v) is 5.06. The predicted molar refractivity (Wildman–Crippen MR) is 99.3 cm³/mol. The van der Waals surface area contributed by atoms with Gasteiger partial charge in [-0.3, -0.25) is 9.10 Å². The SMILES string of the molecule is C=C[C@H](CC#N)[C@@H]1[C@@H]([C@@H](C)O[Si](C)(C)C(C)(C)C)C(=O)N1SC. The summed E-state index contributed by atoms with van der Waals surface area (Å²) in [5.74, 6) is -0.0907. The molecule has 1 aliphatic rings. The molecule has 0 N–H and O–H groups in total. The van der Waals surface area contributed by atoms with E-state index in [-0.39, 0.29) is 34.9 Å². The Kier molecular flexibility index (Phi) is 6.53. The summed E-state index contributed by atoms with van der Waals surface area (Å²) in [6, 6.07) is 2.20. The van der Waals surface area contributed by atoms with Gasteiger partial charge in [0.1, 0.15) is 0 Å². The average Bonchev–Trinajstić information content (AvgIpc) is 2.41. The minimum absolute atomic E-state index is 0.00517. The molecule has 0 aromatic carbocycles. The van der Waals surface area contributed by atoms with Gasteiger partial charge in [0.05, 0.1) is 24.1 Å². The van der Waals surface area contributed by atoms with E-state index in [1.54, 1.807) is 10.4 Å². The molecule has 0 spiro atoms. The molecule has 6 heteroatoms. The maximum atomic E-state index is 12.5. The van der Waals surface area contributed by atoms with Gasteiger partial charge in [0.15, 0.2) is 8.32 Å². The van der Waals surface area contributed by atoms with Crippen molar-refractivity contribution in [1.82, 2.24) is 4.31 Å². The van der Waals surface area contributed by atoms with Crippen molar-refractivity contribution in [2.45, 2.75) is 64.4 Å². The first-order valence-electron chi connectivity index (χ1n) is 8.06. The second kappa shape index (κ2) is 7.41. The van der Waals surface area contributed by atoms with Crippen molar-refractivity contribution in [3.05, 3.63) is 12.7 Å². The second-order valence-electron chi connectivity index (χ2n) is 7.71. The number of hydrogen-bond donors (Lipinski definition) is 0. The molecular formula is C17H30N2O2SSi. The standard InChI is InChI=1S/C17H30N2O2SSi/c1-9-13(10-11-18)15-14(16(20)19(15)22-6)12(2)21-23(7,8)17(3,4)5/h9,12-15H,1,10H2,2-8H3/t12-,13-,14-,15-/m1/s1. The summed E-state index contributed by atoms with van der Waals surface area (Å²) in [6.07, 6.45) is 3.93. The summed E-state index contributed by atoms with van der Waals surface area (Å²) in [7, 11) is -1.94. The Labute approximate surface area is 146 Å². The number of β-lactam (4-membered cyclic amide) rings is 1. The van der Waals surface area contributed by atoms with Crippen molar-refractivity contribution in [1.29, 1.82) is 5.26 Å². The number of carbonyl (C=O) groups is 1. The largest absolute Gasteiger partial charge is 0.413 e. The Morgan fingerprint density at radius 1 is 1.52 bits per heavy atom. The van der Waals surface area contributed by atoms with Crippen molar-refractivity contribution in [2.75, 3.05) is 6.26 Å². The lowest BCUT2D eigenvalue weighted by molar-refractivity contribution is -0.153. The molecule has 0 bridgehead atoms. The third-order valence-electron chi connectivity index (χ3n) is 5.20. The zero-order valence-electron chi connectivity index (χ0n) is 15.4. The van der Waals surface area contributed by atoms with Gasteiger partial charge in [-0.1, -0.05) is 38.8 Å². The summed E-state index contributed by atoms with van der Waals surface area (Å²) < 4.78 is 8.22. The van der Waals surface area contributed by atoms with Crippen molar-refractivity contribution in [3.8, 4) is 6.07 Å².